The summed E-state index contributed by atoms with van der Waals surface area (Å²) in [6.45, 7) is 4.73. The second-order valence-electron chi connectivity index (χ2n) is 2.91. The highest BCUT2D eigenvalue weighted by Crippen LogP contribution is 2.17. The Morgan fingerprint density at radius 3 is 2.22 bits per heavy atom. The third kappa shape index (κ3) is 0.990. The van der Waals surface area contributed by atoms with Crippen molar-refractivity contribution in [3.8, 4) is 0 Å². The summed E-state index contributed by atoms with van der Waals surface area (Å²) in [5.74, 6) is 0.625. The van der Waals surface area contributed by atoms with Crippen LogP contribution in [0.1, 0.15) is 13.8 Å². The molecule has 0 amide bonds. The van der Waals surface area contributed by atoms with Crippen molar-refractivity contribution in [3.63, 3.8) is 0 Å². The average molecular weight is 127 g/mol. The molecule has 0 N–H and O–H groups in total. The number of Topliss-reactive ketones (excluding diaryl/α,β-unsaturated/α-hetero) is 1. The molecule has 0 aromatic heterocycles. The minimum atomic E-state index is 0.245. The summed E-state index contributed by atoms with van der Waals surface area (Å²) in [5, 5.41) is 0. The Kier molecular flexibility index (Phi) is 1.58. The monoisotopic (exact) mass is 127 g/mol. The summed E-state index contributed by atoms with van der Waals surface area (Å²) >= 11 is 0. The molecule has 2 nitrogen and oxygen atoms in total. The Bertz CT molecular complexity index is 133. The highest BCUT2D eigenvalue weighted by atomic mass is 16.1. The minimum Gasteiger partial charge on any atom is -0.298 e. The molecule has 0 aliphatic carbocycles. The number of nitrogens with zero attached hydrogens (tertiary/aromatic N) is 1. The summed E-state index contributed by atoms with van der Waals surface area (Å²) < 4.78 is 0. The first-order valence-electron chi connectivity index (χ1n) is 3.36. The average Bonchev–Trinajstić information content (AvgIpc) is 1.98. The van der Waals surface area contributed by atoms with Gasteiger partial charge in [-0.2, -0.15) is 0 Å². The molecule has 2 atom stereocenters. The first kappa shape index (κ1) is 6.75. The molecule has 2 heteroatoms. The van der Waals surface area contributed by atoms with Crippen molar-refractivity contribution in [2.75, 3.05) is 13.6 Å². The van der Waals surface area contributed by atoms with Gasteiger partial charge in [-0.3, -0.25) is 9.69 Å². The van der Waals surface area contributed by atoms with Crippen LogP contribution >= 0.6 is 0 Å². The molecule has 1 aliphatic heterocycles. The first-order chi connectivity index (χ1) is 4.13. The number of hydrogen-bond donors (Lipinski definition) is 0. The number of hydrogen-bond acceptors (Lipinski definition) is 2. The van der Waals surface area contributed by atoms with Crippen LogP contribution in [0.2, 0.25) is 0 Å². The van der Waals surface area contributed by atoms with Crippen molar-refractivity contribution < 1.29 is 4.79 Å². The van der Waals surface area contributed by atoms with Crippen molar-refractivity contribution in [1.82, 2.24) is 4.90 Å². The lowest BCUT2D eigenvalue weighted by molar-refractivity contribution is -0.119. The van der Waals surface area contributed by atoms with Crippen LogP contribution in [0.25, 0.3) is 0 Å². The van der Waals surface area contributed by atoms with Gasteiger partial charge in [0.05, 0.1) is 6.54 Å². The van der Waals surface area contributed by atoms with E-state index in [9.17, 15) is 4.79 Å². The van der Waals surface area contributed by atoms with E-state index < -0.39 is 0 Å². The van der Waals surface area contributed by atoms with Crippen molar-refractivity contribution in [1.29, 1.82) is 0 Å². The zero-order valence-corrected chi connectivity index (χ0v) is 6.22. The molecule has 1 aliphatic rings. The smallest absolute Gasteiger partial charge is 0.151 e. The molecule has 0 radical (unpaired) electrons. The highest BCUT2D eigenvalue weighted by molar-refractivity contribution is 5.85. The number of ketones is 1. The maximum atomic E-state index is 11.0. The van der Waals surface area contributed by atoms with Gasteiger partial charge in [0.25, 0.3) is 0 Å². The minimum absolute atomic E-state index is 0.245. The molecule has 1 fully saturated rings. The number of carbonyl (C=O) groups is 1. The Hall–Kier alpha value is -0.370. The molecule has 1 saturated heterocycles. The molecule has 2 unspecified atom stereocenters. The van der Waals surface area contributed by atoms with E-state index in [0.717, 1.165) is 0 Å². The quantitative estimate of drug-likeness (QED) is 0.473. The van der Waals surface area contributed by atoms with Gasteiger partial charge < -0.3 is 0 Å². The fraction of sp³-hybridized carbons (Fsp3) is 0.857. The summed E-state index contributed by atoms with van der Waals surface area (Å²) in [4.78, 5) is 13.0. The van der Waals surface area contributed by atoms with Gasteiger partial charge in [0.1, 0.15) is 0 Å². The number of likely N-dealkylation sites (tertiary alicyclic amines) is 1. The summed E-state index contributed by atoms with van der Waals surface area (Å²) in [6, 6.07) is 0.442. The van der Waals surface area contributed by atoms with Crippen LogP contribution in [-0.4, -0.2) is 30.3 Å². The molecule has 0 aromatic rings. The van der Waals surface area contributed by atoms with Crippen LogP contribution < -0.4 is 0 Å². The standard InChI is InChI=1S/C7H13NO/c1-5-6(2)8(3)4-7(5)9/h5-6H,4H2,1-3H3. The van der Waals surface area contributed by atoms with E-state index in [4.69, 9.17) is 0 Å². The second-order valence-corrected chi connectivity index (χ2v) is 2.91. The van der Waals surface area contributed by atoms with Crippen molar-refractivity contribution in [3.05, 3.63) is 0 Å². The van der Waals surface area contributed by atoms with E-state index in [-0.39, 0.29) is 5.92 Å². The van der Waals surface area contributed by atoms with E-state index in [2.05, 4.69) is 11.8 Å². The number of carbonyl (C=O) groups excluding carboxylic acids is 1. The van der Waals surface area contributed by atoms with Gasteiger partial charge in [-0.1, -0.05) is 6.92 Å². The Balaban J connectivity index is 2.65. The Labute approximate surface area is 55.8 Å². The van der Waals surface area contributed by atoms with Crippen LogP contribution in [0.4, 0.5) is 0 Å². The highest BCUT2D eigenvalue weighted by Gasteiger charge is 2.31. The van der Waals surface area contributed by atoms with Gasteiger partial charge in [-0.05, 0) is 14.0 Å². The van der Waals surface area contributed by atoms with Crippen LogP contribution in [0.15, 0.2) is 0 Å². The molecular weight excluding hydrogens is 114 g/mol. The summed E-state index contributed by atoms with van der Waals surface area (Å²) in [5.41, 5.74) is 0. The molecule has 1 rings (SSSR count). The van der Waals surface area contributed by atoms with E-state index in [1.54, 1.807) is 0 Å². The van der Waals surface area contributed by atoms with Gasteiger partial charge in [0.2, 0.25) is 0 Å². The summed E-state index contributed by atoms with van der Waals surface area (Å²) in [6.07, 6.45) is 0. The molecule has 0 bridgehead atoms. The molecule has 0 aromatic carbocycles. The molecule has 52 valence electrons. The van der Waals surface area contributed by atoms with Gasteiger partial charge >= 0.3 is 0 Å². The lowest BCUT2D eigenvalue weighted by Crippen LogP contribution is -2.24. The van der Waals surface area contributed by atoms with E-state index in [1.165, 1.54) is 0 Å². The van der Waals surface area contributed by atoms with Crippen LogP contribution in [0.3, 0.4) is 0 Å². The Morgan fingerprint density at radius 1 is 1.56 bits per heavy atom. The zero-order valence-electron chi connectivity index (χ0n) is 6.22. The van der Waals surface area contributed by atoms with E-state index >= 15 is 0 Å². The van der Waals surface area contributed by atoms with Gasteiger partial charge in [-0.15, -0.1) is 0 Å². The maximum absolute atomic E-state index is 11.0. The van der Waals surface area contributed by atoms with Crippen LogP contribution in [-0.2, 0) is 4.79 Å². The molecule has 0 spiro atoms. The normalized spacial score (nSPS) is 37.9. The topological polar surface area (TPSA) is 20.3 Å². The molecular formula is C7H13NO. The zero-order chi connectivity index (χ0) is 7.02. The molecule has 0 saturated carbocycles. The van der Waals surface area contributed by atoms with E-state index in [1.807, 2.05) is 14.0 Å². The number of rotatable bonds is 0. The van der Waals surface area contributed by atoms with Crippen molar-refractivity contribution >= 4 is 5.78 Å². The number of likely N-dealkylation sites (N-methyl/N-ethyl adjacent to an activating group) is 1. The largest absolute Gasteiger partial charge is 0.298 e. The molecule has 9 heavy (non-hydrogen) atoms. The van der Waals surface area contributed by atoms with Crippen LogP contribution in [0, 0.1) is 5.92 Å². The Morgan fingerprint density at radius 2 is 2.11 bits per heavy atom. The van der Waals surface area contributed by atoms with Crippen LogP contribution in [0.5, 0.6) is 0 Å². The predicted molar refractivity (Wildman–Crippen MR) is 36.3 cm³/mol. The van der Waals surface area contributed by atoms with E-state index in [0.29, 0.717) is 18.4 Å². The van der Waals surface area contributed by atoms with Crippen molar-refractivity contribution in [2.45, 2.75) is 19.9 Å². The first-order valence-corrected chi connectivity index (χ1v) is 3.36. The second kappa shape index (κ2) is 2.10. The third-order valence-corrected chi connectivity index (χ3v) is 2.33. The molecule has 1 heterocycles. The fourth-order valence-electron chi connectivity index (χ4n) is 1.18. The van der Waals surface area contributed by atoms with Gasteiger partial charge in [-0.25, -0.2) is 0 Å². The maximum Gasteiger partial charge on any atom is 0.151 e. The third-order valence-electron chi connectivity index (χ3n) is 2.33. The van der Waals surface area contributed by atoms with Gasteiger partial charge in [0.15, 0.2) is 5.78 Å². The SMILES string of the molecule is CC1C(=O)CN(C)C1C. The van der Waals surface area contributed by atoms with Crippen molar-refractivity contribution in [2.24, 2.45) is 5.92 Å². The lowest BCUT2D eigenvalue weighted by Gasteiger charge is -2.14. The summed E-state index contributed by atoms with van der Waals surface area (Å²) in [7, 11) is 1.99. The van der Waals surface area contributed by atoms with Gasteiger partial charge in [0, 0.05) is 12.0 Å². The predicted octanol–water partition coefficient (Wildman–Crippen LogP) is 0.525. The fourth-order valence-corrected chi connectivity index (χ4v) is 1.18. The lowest BCUT2D eigenvalue weighted by atomic mass is 10.0.